The first-order valence-electron chi connectivity index (χ1n) is 2.18. The maximum absolute atomic E-state index is 5.66. The van der Waals surface area contributed by atoms with Gasteiger partial charge in [0.2, 0.25) is 0 Å². The van der Waals surface area contributed by atoms with Gasteiger partial charge in [0.25, 0.3) is 0 Å². The van der Waals surface area contributed by atoms with Crippen LogP contribution in [0.5, 0.6) is 0 Å². The van der Waals surface area contributed by atoms with Crippen LogP contribution in [-0.4, -0.2) is 4.57 Å². The molecule has 0 aliphatic heterocycles. The molecule has 1 heterocycles. The third-order valence-corrected chi connectivity index (χ3v) is 2.18. The van der Waals surface area contributed by atoms with E-state index in [0.29, 0.717) is 0 Å². The van der Waals surface area contributed by atoms with Crippen LogP contribution in [0.25, 0.3) is 0 Å². The Morgan fingerprint density at radius 3 is 2.38 bits per heavy atom. The first-order chi connectivity index (χ1) is 3.72. The molecule has 0 radical (unpaired) electrons. The highest BCUT2D eigenvalue weighted by Crippen LogP contribution is 2.16. The van der Waals surface area contributed by atoms with E-state index in [1.165, 1.54) is 0 Å². The van der Waals surface area contributed by atoms with Crippen molar-refractivity contribution >= 4 is 27.5 Å². The summed E-state index contributed by atoms with van der Waals surface area (Å²) >= 11 is 8.96. The van der Waals surface area contributed by atoms with Crippen LogP contribution in [0.2, 0.25) is 5.15 Å². The Bertz CT molecular complexity index is 175. The quantitative estimate of drug-likeness (QED) is 0.598. The van der Waals surface area contributed by atoms with E-state index < -0.39 is 0 Å². The largest absolute Gasteiger partial charge is 0.330 e. The maximum atomic E-state index is 5.66. The number of hydrogen-bond donors (Lipinski definition) is 0. The third-order valence-electron chi connectivity index (χ3n) is 0.999. The highest BCUT2D eigenvalue weighted by atomic mass is 79.9. The Labute approximate surface area is 61.4 Å². The van der Waals surface area contributed by atoms with Gasteiger partial charge in [0.15, 0.2) is 0 Å². The van der Waals surface area contributed by atoms with Crippen molar-refractivity contribution in [1.29, 1.82) is 0 Å². The van der Waals surface area contributed by atoms with Gasteiger partial charge in [0.05, 0.1) is 4.60 Å². The smallest absolute Gasteiger partial charge is 0.109 e. The molecule has 0 fully saturated rings. The minimum atomic E-state index is 0.747. The van der Waals surface area contributed by atoms with Gasteiger partial charge in [-0.1, -0.05) is 11.6 Å². The predicted octanol–water partition coefficient (Wildman–Crippen LogP) is 2.44. The van der Waals surface area contributed by atoms with Gasteiger partial charge >= 0.3 is 0 Å². The third kappa shape index (κ3) is 0.906. The van der Waals surface area contributed by atoms with E-state index in [1.807, 2.05) is 23.7 Å². The molecule has 0 spiro atoms. The Morgan fingerprint density at radius 2 is 2.25 bits per heavy atom. The molecule has 0 aliphatic carbocycles. The van der Waals surface area contributed by atoms with Gasteiger partial charge < -0.3 is 4.57 Å². The monoisotopic (exact) mass is 193 g/mol. The zero-order chi connectivity index (χ0) is 6.15. The highest BCUT2D eigenvalue weighted by Gasteiger charge is 1.95. The summed E-state index contributed by atoms with van der Waals surface area (Å²) in [5.74, 6) is 0. The van der Waals surface area contributed by atoms with Crippen molar-refractivity contribution in [2.75, 3.05) is 0 Å². The molecule has 44 valence electrons. The molecule has 1 nitrogen and oxygen atoms in total. The van der Waals surface area contributed by atoms with Crippen molar-refractivity contribution in [3.8, 4) is 0 Å². The summed E-state index contributed by atoms with van der Waals surface area (Å²) in [7, 11) is 1.90. The molecule has 3 heteroatoms. The second-order valence-corrected chi connectivity index (χ2v) is 2.74. The Kier molecular flexibility index (Phi) is 1.63. The van der Waals surface area contributed by atoms with Crippen LogP contribution >= 0.6 is 27.5 Å². The lowest BCUT2D eigenvalue weighted by molar-refractivity contribution is 0.903. The summed E-state index contributed by atoms with van der Waals surface area (Å²) in [6, 6.07) is 3.74. The number of rotatable bonds is 0. The molecular formula is C5H5BrClN. The molecule has 8 heavy (non-hydrogen) atoms. The first-order valence-corrected chi connectivity index (χ1v) is 3.35. The van der Waals surface area contributed by atoms with Crippen LogP contribution in [0.1, 0.15) is 0 Å². The number of aromatic nitrogens is 1. The fraction of sp³-hybridized carbons (Fsp3) is 0.200. The van der Waals surface area contributed by atoms with Gasteiger partial charge in [-0.2, -0.15) is 0 Å². The van der Waals surface area contributed by atoms with Crippen molar-refractivity contribution in [3.63, 3.8) is 0 Å². The van der Waals surface area contributed by atoms with Crippen LogP contribution in [0.4, 0.5) is 0 Å². The minimum Gasteiger partial charge on any atom is -0.330 e. The van der Waals surface area contributed by atoms with E-state index in [-0.39, 0.29) is 0 Å². The fourth-order valence-corrected chi connectivity index (χ4v) is 1.04. The van der Waals surface area contributed by atoms with Crippen LogP contribution in [0, 0.1) is 0 Å². The molecule has 1 aromatic rings. The molecule has 0 aromatic carbocycles. The van der Waals surface area contributed by atoms with E-state index in [4.69, 9.17) is 11.6 Å². The molecule has 1 rings (SSSR count). The van der Waals surface area contributed by atoms with Crippen molar-refractivity contribution < 1.29 is 0 Å². The zero-order valence-corrected chi connectivity index (χ0v) is 6.70. The van der Waals surface area contributed by atoms with Gasteiger partial charge in [-0.25, -0.2) is 0 Å². The van der Waals surface area contributed by atoms with Crippen molar-refractivity contribution in [1.82, 2.24) is 4.57 Å². The van der Waals surface area contributed by atoms with E-state index >= 15 is 0 Å². The van der Waals surface area contributed by atoms with E-state index in [0.717, 1.165) is 9.76 Å². The van der Waals surface area contributed by atoms with Crippen molar-refractivity contribution in [2.24, 2.45) is 7.05 Å². The van der Waals surface area contributed by atoms with E-state index in [2.05, 4.69) is 15.9 Å². The number of hydrogen-bond acceptors (Lipinski definition) is 0. The van der Waals surface area contributed by atoms with Gasteiger partial charge in [0.1, 0.15) is 5.15 Å². The van der Waals surface area contributed by atoms with E-state index in [1.54, 1.807) is 0 Å². The number of halogens is 2. The molecule has 0 saturated heterocycles. The Balaban J connectivity index is 3.19. The zero-order valence-electron chi connectivity index (χ0n) is 4.36. The average Bonchev–Trinajstić information content (AvgIpc) is 1.98. The molecule has 1 aromatic heterocycles. The predicted molar refractivity (Wildman–Crippen MR) is 38.1 cm³/mol. The lowest BCUT2D eigenvalue weighted by atomic mass is 10.7. The van der Waals surface area contributed by atoms with E-state index in [9.17, 15) is 0 Å². The van der Waals surface area contributed by atoms with Crippen LogP contribution < -0.4 is 0 Å². The summed E-state index contributed by atoms with van der Waals surface area (Å²) in [5.41, 5.74) is 0. The normalized spacial score (nSPS) is 9.88. The molecule has 0 N–H and O–H groups in total. The topological polar surface area (TPSA) is 4.93 Å². The minimum absolute atomic E-state index is 0.747. The SMILES string of the molecule is Cn1c(Cl)ccc1Br. The molecule has 0 saturated carbocycles. The average molecular weight is 194 g/mol. The maximum Gasteiger partial charge on any atom is 0.109 e. The first kappa shape index (κ1) is 6.17. The molecule has 0 bridgehead atoms. The summed E-state index contributed by atoms with van der Waals surface area (Å²) in [5, 5.41) is 0.747. The molecular weight excluding hydrogens is 189 g/mol. The molecule has 0 unspecified atom stereocenters. The Morgan fingerprint density at radius 1 is 1.62 bits per heavy atom. The molecule has 0 atom stereocenters. The Hall–Kier alpha value is 0.0500. The summed E-state index contributed by atoms with van der Waals surface area (Å²) in [6.45, 7) is 0. The molecule has 0 amide bonds. The van der Waals surface area contributed by atoms with Crippen LogP contribution in [0.3, 0.4) is 0 Å². The summed E-state index contributed by atoms with van der Waals surface area (Å²) < 4.78 is 2.85. The number of nitrogens with zero attached hydrogens (tertiary/aromatic N) is 1. The van der Waals surface area contributed by atoms with Crippen molar-refractivity contribution in [3.05, 3.63) is 21.9 Å². The van der Waals surface area contributed by atoms with Gasteiger partial charge in [-0.3, -0.25) is 0 Å². The highest BCUT2D eigenvalue weighted by molar-refractivity contribution is 9.10. The lowest BCUT2D eigenvalue weighted by Crippen LogP contribution is -1.84. The second kappa shape index (κ2) is 2.11. The molecule has 0 aliphatic rings. The summed E-state index contributed by atoms with van der Waals surface area (Å²) in [6.07, 6.45) is 0. The summed E-state index contributed by atoms with van der Waals surface area (Å²) in [4.78, 5) is 0. The van der Waals surface area contributed by atoms with Gasteiger partial charge in [0, 0.05) is 7.05 Å². The second-order valence-electron chi connectivity index (χ2n) is 1.54. The van der Waals surface area contributed by atoms with Gasteiger partial charge in [-0.15, -0.1) is 0 Å². The van der Waals surface area contributed by atoms with Crippen LogP contribution in [-0.2, 0) is 7.05 Å². The van der Waals surface area contributed by atoms with Crippen molar-refractivity contribution in [2.45, 2.75) is 0 Å². The van der Waals surface area contributed by atoms with Gasteiger partial charge in [-0.05, 0) is 28.1 Å². The standard InChI is InChI=1S/C5H5BrClN/c1-8-4(6)2-3-5(8)7/h2-3H,1H3. The van der Waals surface area contributed by atoms with Crippen LogP contribution in [0.15, 0.2) is 16.7 Å². The fourth-order valence-electron chi connectivity index (χ4n) is 0.463. The lowest BCUT2D eigenvalue weighted by Gasteiger charge is -1.92.